The summed E-state index contributed by atoms with van der Waals surface area (Å²) >= 11 is 0. The summed E-state index contributed by atoms with van der Waals surface area (Å²) in [6.07, 6.45) is 0.830. The van der Waals surface area contributed by atoms with Gasteiger partial charge in [-0.15, -0.1) is 12.4 Å². The van der Waals surface area contributed by atoms with Gasteiger partial charge in [-0.05, 0) is 30.0 Å². The van der Waals surface area contributed by atoms with E-state index in [9.17, 15) is 14.0 Å². The van der Waals surface area contributed by atoms with Gasteiger partial charge >= 0.3 is 0 Å². The molecule has 0 heterocycles. The van der Waals surface area contributed by atoms with Crippen LogP contribution in [0.2, 0.25) is 0 Å². The van der Waals surface area contributed by atoms with Crippen LogP contribution in [0, 0.1) is 11.7 Å². The second-order valence-corrected chi connectivity index (χ2v) is 5.71. The first-order valence-corrected chi connectivity index (χ1v) is 7.41. The van der Waals surface area contributed by atoms with Crippen molar-refractivity contribution in [3.63, 3.8) is 0 Å². The molecule has 0 aliphatic carbocycles. The van der Waals surface area contributed by atoms with E-state index in [1.54, 1.807) is 12.1 Å². The number of rotatable bonds is 8. The Morgan fingerprint density at radius 1 is 1.26 bits per heavy atom. The molecule has 0 saturated heterocycles. The summed E-state index contributed by atoms with van der Waals surface area (Å²) in [5, 5.41) is 5.31. The SMILES string of the molecule is CC(C)CC(CN)NC(=O)CNC(=O)Cc1cccc(F)c1.Cl. The van der Waals surface area contributed by atoms with Crippen LogP contribution in [0.1, 0.15) is 25.8 Å². The largest absolute Gasteiger partial charge is 0.351 e. The predicted molar refractivity (Wildman–Crippen MR) is 90.8 cm³/mol. The summed E-state index contributed by atoms with van der Waals surface area (Å²) in [5.74, 6) is -0.559. The summed E-state index contributed by atoms with van der Waals surface area (Å²) in [6.45, 7) is 4.36. The van der Waals surface area contributed by atoms with Gasteiger partial charge in [-0.1, -0.05) is 26.0 Å². The van der Waals surface area contributed by atoms with Crippen LogP contribution in [0.25, 0.3) is 0 Å². The van der Waals surface area contributed by atoms with E-state index in [-0.39, 0.29) is 49.0 Å². The van der Waals surface area contributed by atoms with Crippen LogP contribution >= 0.6 is 12.4 Å². The van der Waals surface area contributed by atoms with Gasteiger partial charge in [0.25, 0.3) is 0 Å². The van der Waals surface area contributed by atoms with Crippen molar-refractivity contribution >= 4 is 24.2 Å². The van der Waals surface area contributed by atoms with E-state index in [1.165, 1.54) is 12.1 Å². The Kier molecular flexibility index (Phi) is 10.2. The minimum atomic E-state index is -0.387. The minimum absolute atomic E-state index is 0. The molecule has 1 unspecified atom stereocenters. The molecule has 1 aromatic carbocycles. The van der Waals surface area contributed by atoms with Gasteiger partial charge in [0, 0.05) is 12.6 Å². The highest BCUT2D eigenvalue weighted by atomic mass is 35.5. The molecule has 23 heavy (non-hydrogen) atoms. The lowest BCUT2D eigenvalue weighted by molar-refractivity contribution is -0.126. The standard InChI is InChI=1S/C16H24FN3O2.ClH/c1-11(2)6-14(9-18)20-16(22)10-19-15(21)8-12-4-3-5-13(17)7-12;/h3-5,7,11,14H,6,8-10,18H2,1-2H3,(H,19,21)(H,20,22);1H. The molecule has 0 aromatic heterocycles. The number of amides is 2. The van der Waals surface area contributed by atoms with E-state index in [4.69, 9.17) is 5.73 Å². The van der Waals surface area contributed by atoms with Crippen LogP contribution in [-0.2, 0) is 16.0 Å². The van der Waals surface area contributed by atoms with E-state index >= 15 is 0 Å². The van der Waals surface area contributed by atoms with Crippen molar-refractivity contribution in [2.75, 3.05) is 13.1 Å². The molecular weight excluding hydrogens is 321 g/mol. The van der Waals surface area contributed by atoms with Crippen molar-refractivity contribution in [2.45, 2.75) is 32.7 Å². The summed E-state index contributed by atoms with van der Waals surface area (Å²) in [4.78, 5) is 23.5. The van der Waals surface area contributed by atoms with E-state index in [0.29, 0.717) is 18.0 Å². The van der Waals surface area contributed by atoms with Crippen LogP contribution in [0.5, 0.6) is 0 Å². The highest BCUT2D eigenvalue weighted by molar-refractivity contribution is 5.86. The topological polar surface area (TPSA) is 84.2 Å². The van der Waals surface area contributed by atoms with E-state index < -0.39 is 0 Å². The van der Waals surface area contributed by atoms with Crippen LogP contribution in [0.4, 0.5) is 4.39 Å². The Labute approximate surface area is 142 Å². The molecule has 0 spiro atoms. The van der Waals surface area contributed by atoms with Gasteiger partial charge in [-0.25, -0.2) is 4.39 Å². The van der Waals surface area contributed by atoms with E-state index in [2.05, 4.69) is 24.5 Å². The number of nitrogens with one attached hydrogen (secondary N) is 2. The Morgan fingerprint density at radius 2 is 1.96 bits per heavy atom. The van der Waals surface area contributed by atoms with Crippen molar-refractivity contribution in [1.82, 2.24) is 10.6 Å². The summed E-state index contributed by atoms with van der Waals surface area (Å²) < 4.78 is 13.0. The van der Waals surface area contributed by atoms with Crippen molar-refractivity contribution < 1.29 is 14.0 Å². The van der Waals surface area contributed by atoms with Gasteiger partial charge in [-0.3, -0.25) is 9.59 Å². The number of benzene rings is 1. The van der Waals surface area contributed by atoms with Crippen molar-refractivity contribution in [2.24, 2.45) is 11.7 Å². The number of halogens is 2. The molecular formula is C16H25ClFN3O2. The van der Waals surface area contributed by atoms with Gasteiger partial charge in [-0.2, -0.15) is 0 Å². The van der Waals surface area contributed by atoms with Crippen molar-refractivity contribution in [3.8, 4) is 0 Å². The molecule has 2 amide bonds. The maximum atomic E-state index is 13.0. The second-order valence-electron chi connectivity index (χ2n) is 5.71. The fourth-order valence-electron chi connectivity index (χ4n) is 2.14. The third-order valence-electron chi connectivity index (χ3n) is 3.11. The molecule has 0 radical (unpaired) electrons. The maximum absolute atomic E-state index is 13.0. The van der Waals surface area contributed by atoms with Gasteiger partial charge < -0.3 is 16.4 Å². The molecule has 1 aromatic rings. The first-order chi connectivity index (χ1) is 10.4. The zero-order valence-corrected chi connectivity index (χ0v) is 14.3. The molecule has 4 N–H and O–H groups in total. The van der Waals surface area contributed by atoms with E-state index in [0.717, 1.165) is 6.42 Å². The molecule has 7 heteroatoms. The Hall–Kier alpha value is -1.66. The Morgan fingerprint density at radius 3 is 2.52 bits per heavy atom. The van der Waals surface area contributed by atoms with Crippen LogP contribution in [0.3, 0.4) is 0 Å². The summed E-state index contributed by atoms with van der Waals surface area (Å²) in [5.41, 5.74) is 6.17. The average molecular weight is 346 g/mol. The van der Waals surface area contributed by atoms with Gasteiger partial charge in [0.2, 0.25) is 11.8 Å². The quantitative estimate of drug-likeness (QED) is 0.665. The molecule has 0 aliphatic rings. The number of hydrogen-bond donors (Lipinski definition) is 3. The van der Waals surface area contributed by atoms with E-state index in [1.807, 2.05) is 0 Å². The molecule has 0 fully saturated rings. The minimum Gasteiger partial charge on any atom is -0.351 e. The highest BCUT2D eigenvalue weighted by Crippen LogP contribution is 2.04. The molecule has 0 aliphatic heterocycles. The van der Waals surface area contributed by atoms with Crippen LogP contribution < -0.4 is 16.4 Å². The molecule has 5 nitrogen and oxygen atoms in total. The van der Waals surface area contributed by atoms with Gasteiger partial charge in [0.1, 0.15) is 5.82 Å². The number of carbonyl (C=O) groups excluding carboxylic acids is 2. The lowest BCUT2D eigenvalue weighted by Gasteiger charge is -2.18. The second kappa shape index (κ2) is 11.0. The normalized spacial score (nSPS) is 11.5. The fraction of sp³-hybridized carbons (Fsp3) is 0.500. The zero-order valence-electron chi connectivity index (χ0n) is 13.5. The monoisotopic (exact) mass is 345 g/mol. The lowest BCUT2D eigenvalue weighted by Crippen LogP contribution is -2.45. The first-order valence-electron chi connectivity index (χ1n) is 7.41. The van der Waals surface area contributed by atoms with Gasteiger partial charge in [0.05, 0.1) is 13.0 Å². The van der Waals surface area contributed by atoms with Crippen molar-refractivity contribution in [3.05, 3.63) is 35.6 Å². The summed E-state index contributed by atoms with van der Waals surface area (Å²) in [6, 6.07) is 5.73. The van der Waals surface area contributed by atoms with Gasteiger partial charge in [0.15, 0.2) is 0 Å². The smallest absolute Gasteiger partial charge is 0.239 e. The summed E-state index contributed by atoms with van der Waals surface area (Å²) in [7, 11) is 0. The molecule has 0 saturated carbocycles. The van der Waals surface area contributed by atoms with Crippen LogP contribution in [-0.4, -0.2) is 30.9 Å². The molecule has 1 rings (SSSR count). The molecule has 130 valence electrons. The van der Waals surface area contributed by atoms with Crippen molar-refractivity contribution in [1.29, 1.82) is 0 Å². The third-order valence-corrected chi connectivity index (χ3v) is 3.11. The third kappa shape index (κ3) is 9.15. The lowest BCUT2D eigenvalue weighted by atomic mass is 10.0. The first kappa shape index (κ1) is 21.3. The number of nitrogens with two attached hydrogens (primary N) is 1. The number of carbonyl (C=O) groups is 2. The zero-order chi connectivity index (χ0) is 16.5. The molecule has 0 bridgehead atoms. The average Bonchev–Trinajstić information content (AvgIpc) is 2.44. The predicted octanol–water partition coefficient (Wildman–Crippen LogP) is 1.40. The highest BCUT2D eigenvalue weighted by Gasteiger charge is 2.13. The Bertz CT molecular complexity index is 512. The Balaban J connectivity index is 0.00000484. The van der Waals surface area contributed by atoms with Crippen LogP contribution in [0.15, 0.2) is 24.3 Å². The maximum Gasteiger partial charge on any atom is 0.239 e. The fourth-order valence-corrected chi connectivity index (χ4v) is 2.14. The number of hydrogen-bond acceptors (Lipinski definition) is 3. The molecule has 1 atom stereocenters.